The van der Waals surface area contributed by atoms with Gasteiger partial charge >= 0.3 is 0 Å². The quantitative estimate of drug-likeness (QED) is 0.870. The molecule has 18 heavy (non-hydrogen) atoms. The Morgan fingerprint density at radius 2 is 2.06 bits per heavy atom. The summed E-state index contributed by atoms with van der Waals surface area (Å²) >= 11 is 0. The number of ether oxygens (including phenoxy) is 1. The van der Waals surface area contributed by atoms with E-state index in [-0.39, 0.29) is 12.1 Å². The van der Waals surface area contributed by atoms with Gasteiger partial charge in [-0.1, -0.05) is 19.3 Å². The van der Waals surface area contributed by atoms with Gasteiger partial charge in [-0.2, -0.15) is 0 Å². The number of aromatic nitrogens is 2. The van der Waals surface area contributed by atoms with Gasteiger partial charge in [0.15, 0.2) is 0 Å². The molecule has 1 aliphatic carbocycles. The van der Waals surface area contributed by atoms with Crippen molar-refractivity contribution in [2.75, 3.05) is 14.2 Å². The van der Waals surface area contributed by atoms with E-state index in [0.29, 0.717) is 5.92 Å². The lowest BCUT2D eigenvalue weighted by atomic mass is 9.82. The van der Waals surface area contributed by atoms with E-state index in [4.69, 9.17) is 4.74 Å². The first kappa shape index (κ1) is 13.4. The highest BCUT2D eigenvalue weighted by molar-refractivity contribution is 5.06. The Labute approximate surface area is 109 Å². The van der Waals surface area contributed by atoms with Crippen molar-refractivity contribution < 1.29 is 4.74 Å². The van der Waals surface area contributed by atoms with E-state index in [1.54, 1.807) is 19.5 Å². The minimum atomic E-state index is 0.131. The van der Waals surface area contributed by atoms with Gasteiger partial charge in [-0.3, -0.25) is 9.97 Å². The molecule has 0 aliphatic heterocycles. The Balaban J connectivity index is 2.13. The van der Waals surface area contributed by atoms with Crippen LogP contribution in [0.2, 0.25) is 0 Å². The number of likely N-dealkylation sites (N-methyl/N-ethyl adjacent to an activating group) is 1. The monoisotopic (exact) mass is 249 g/mol. The summed E-state index contributed by atoms with van der Waals surface area (Å²) in [5.74, 6) is 0.628. The van der Waals surface area contributed by atoms with Crippen molar-refractivity contribution >= 4 is 0 Å². The molecule has 1 aromatic rings. The molecule has 4 nitrogen and oxygen atoms in total. The topological polar surface area (TPSA) is 47.0 Å². The highest BCUT2D eigenvalue weighted by Crippen LogP contribution is 2.33. The van der Waals surface area contributed by atoms with Gasteiger partial charge in [0, 0.05) is 19.5 Å². The molecule has 2 rings (SSSR count). The normalized spacial score (nSPS) is 20.6. The van der Waals surface area contributed by atoms with Crippen molar-refractivity contribution in [3.05, 3.63) is 24.3 Å². The average molecular weight is 249 g/mol. The van der Waals surface area contributed by atoms with Crippen LogP contribution < -0.4 is 5.32 Å². The first-order valence-electron chi connectivity index (χ1n) is 6.82. The number of nitrogens with one attached hydrogen (secondary N) is 1. The molecule has 2 unspecified atom stereocenters. The molecule has 0 amide bonds. The van der Waals surface area contributed by atoms with Crippen LogP contribution in [0.1, 0.15) is 43.8 Å². The lowest BCUT2D eigenvalue weighted by Crippen LogP contribution is -2.38. The number of nitrogens with zero attached hydrogens (tertiary/aromatic N) is 2. The third kappa shape index (κ3) is 3.06. The molecule has 4 heteroatoms. The maximum absolute atomic E-state index is 5.77. The van der Waals surface area contributed by atoms with Crippen LogP contribution in [0.3, 0.4) is 0 Å². The number of methoxy groups -OCH3 is 1. The summed E-state index contributed by atoms with van der Waals surface area (Å²) in [6.45, 7) is 0. The molecule has 0 saturated heterocycles. The molecule has 1 aromatic heterocycles. The molecule has 0 bridgehead atoms. The predicted octanol–water partition coefficient (Wildman–Crippen LogP) is 2.33. The molecular weight excluding hydrogens is 226 g/mol. The van der Waals surface area contributed by atoms with E-state index in [0.717, 1.165) is 5.69 Å². The van der Waals surface area contributed by atoms with Crippen molar-refractivity contribution in [1.82, 2.24) is 15.3 Å². The van der Waals surface area contributed by atoms with Gasteiger partial charge in [0.1, 0.15) is 0 Å². The first-order chi connectivity index (χ1) is 8.86. The van der Waals surface area contributed by atoms with E-state index in [1.165, 1.54) is 32.1 Å². The van der Waals surface area contributed by atoms with Crippen LogP contribution >= 0.6 is 0 Å². The highest BCUT2D eigenvalue weighted by Gasteiger charge is 2.31. The van der Waals surface area contributed by atoms with E-state index < -0.39 is 0 Å². The van der Waals surface area contributed by atoms with E-state index >= 15 is 0 Å². The Morgan fingerprint density at radius 1 is 1.28 bits per heavy atom. The molecule has 0 radical (unpaired) electrons. The SMILES string of the molecule is CNC(c1cnccn1)C(OC)C1CCCCC1. The zero-order valence-corrected chi connectivity index (χ0v) is 11.3. The fraction of sp³-hybridized carbons (Fsp3) is 0.714. The fourth-order valence-corrected chi connectivity index (χ4v) is 3.02. The Bertz CT molecular complexity index is 338. The molecule has 2 atom stereocenters. The second kappa shape index (κ2) is 6.81. The average Bonchev–Trinajstić information content (AvgIpc) is 2.46. The third-order valence-electron chi connectivity index (χ3n) is 3.93. The minimum absolute atomic E-state index is 0.131. The van der Waals surface area contributed by atoms with Crippen LogP contribution in [0.5, 0.6) is 0 Å². The van der Waals surface area contributed by atoms with Crippen molar-refractivity contribution in [3.8, 4) is 0 Å². The molecule has 1 aliphatic rings. The van der Waals surface area contributed by atoms with Crippen LogP contribution in [-0.4, -0.2) is 30.2 Å². The van der Waals surface area contributed by atoms with Crippen LogP contribution in [0.15, 0.2) is 18.6 Å². The number of hydrogen-bond acceptors (Lipinski definition) is 4. The van der Waals surface area contributed by atoms with Crippen LogP contribution in [0.4, 0.5) is 0 Å². The second-order valence-electron chi connectivity index (χ2n) is 5.00. The molecule has 0 aromatic carbocycles. The smallest absolute Gasteiger partial charge is 0.0809 e. The predicted molar refractivity (Wildman–Crippen MR) is 71.2 cm³/mol. The summed E-state index contributed by atoms with van der Waals surface area (Å²) in [4.78, 5) is 8.57. The van der Waals surface area contributed by atoms with Gasteiger partial charge in [-0.15, -0.1) is 0 Å². The van der Waals surface area contributed by atoms with Gasteiger partial charge in [0.25, 0.3) is 0 Å². The number of hydrogen-bond donors (Lipinski definition) is 1. The Morgan fingerprint density at radius 3 is 2.61 bits per heavy atom. The molecule has 1 N–H and O–H groups in total. The lowest BCUT2D eigenvalue weighted by molar-refractivity contribution is 0.00830. The number of rotatable bonds is 5. The zero-order chi connectivity index (χ0) is 12.8. The second-order valence-corrected chi connectivity index (χ2v) is 5.00. The molecule has 1 saturated carbocycles. The summed E-state index contributed by atoms with van der Waals surface area (Å²) in [7, 11) is 3.77. The van der Waals surface area contributed by atoms with E-state index in [9.17, 15) is 0 Å². The Kier molecular flexibility index (Phi) is 5.08. The highest BCUT2D eigenvalue weighted by atomic mass is 16.5. The lowest BCUT2D eigenvalue weighted by Gasteiger charge is -2.34. The van der Waals surface area contributed by atoms with Crippen LogP contribution in [0, 0.1) is 5.92 Å². The largest absolute Gasteiger partial charge is 0.379 e. The molecule has 0 spiro atoms. The summed E-state index contributed by atoms with van der Waals surface area (Å²) in [6, 6.07) is 0.131. The molecular formula is C14H23N3O. The van der Waals surface area contributed by atoms with Gasteiger partial charge in [0.05, 0.1) is 24.0 Å². The van der Waals surface area contributed by atoms with Gasteiger partial charge < -0.3 is 10.1 Å². The van der Waals surface area contributed by atoms with Crippen molar-refractivity contribution in [1.29, 1.82) is 0 Å². The Hall–Kier alpha value is -1.00. The minimum Gasteiger partial charge on any atom is -0.379 e. The summed E-state index contributed by atoms with van der Waals surface area (Å²) in [5.41, 5.74) is 0.970. The van der Waals surface area contributed by atoms with E-state index in [2.05, 4.69) is 15.3 Å². The molecule has 1 heterocycles. The zero-order valence-electron chi connectivity index (χ0n) is 11.3. The van der Waals surface area contributed by atoms with Crippen LogP contribution in [0.25, 0.3) is 0 Å². The summed E-state index contributed by atoms with van der Waals surface area (Å²) in [5, 5.41) is 3.34. The van der Waals surface area contributed by atoms with Gasteiger partial charge in [0.2, 0.25) is 0 Å². The summed E-state index contributed by atoms with van der Waals surface area (Å²) < 4.78 is 5.77. The van der Waals surface area contributed by atoms with Crippen molar-refractivity contribution in [2.24, 2.45) is 5.92 Å². The van der Waals surface area contributed by atoms with Gasteiger partial charge in [-0.05, 0) is 25.8 Å². The molecule has 100 valence electrons. The third-order valence-corrected chi connectivity index (χ3v) is 3.93. The standard InChI is InChI=1S/C14H23N3O/c1-15-13(12-10-16-8-9-17-12)14(18-2)11-6-4-3-5-7-11/h8-11,13-15H,3-7H2,1-2H3. The van der Waals surface area contributed by atoms with Crippen molar-refractivity contribution in [3.63, 3.8) is 0 Å². The fourth-order valence-electron chi connectivity index (χ4n) is 3.02. The van der Waals surface area contributed by atoms with Crippen molar-refractivity contribution in [2.45, 2.75) is 44.2 Å². The van der Waals surface area contributed by atoms with Crippen LogP contribution in [-0.2, 0) is 4.74 Å². The first-order valence-corrected chi connectivity index (χ1v) is 6.82. The summed E-state index contributed by atoms with van der Waals surface area (Å²) in [6.07, 6.45) is 12.0. The van der Waals surface area contributed by atoms with Gasteiger partial charge in [-0.25, -0.2) is 0 Å². The maximum atomic E-state index is 5.77. The maximum Gasteiger partial charge on any atom is 0.0809 e. The van der Waals surface area contributed by atoms with E-state index in [1.807, 2.05) is 13.2 Å². The molecule has 1 fully saturated rings.